The second-order valence-electron chi connectivity index (χ2n) is 19.5. The number of aromatic nitrogens is 3. The van der Waals surface area contributed by atoms with Crippen molar-refractivity contribution >= 4 is 67.8 Å². The van der Waals surface area contributed by atoms with Gasteiger partial charge in [0.05, 0.1) is 36.2 Å². The van der Waals surface area contributed by atoms with Crippen LogP contribution in [0.1, 0.15) is 47.5 Å². The predicted octanol–water partition coefficient (Wildman–Crippen LogP) is 17.2. The summed E-state index contributed by atoms with van der Waals surface area (Å²) in [5.41, 5.74) is 15.0. The van der Waals surface area contributed by atoms with Crippen LogP contribution in [0.5, 0.6) is 0 Å². The van der Waals surface area contributed by atoms with E-state index in [4.69, 9.17) is 14.9 Å². The average molecular weight is 1120 g/mol. The average Bonchev–Trinajstić information content (AvgIpc) is 3.97. The van der Waals surface area contributed by atoms with Gasteiger partial charge in [-0.05, 0) is 73.7 Å². The van der Waals surface area contributed by atoms with E-state index < -0.39 is 20.8 Å². The van der Waals surface area contributed by atoms with Crippen molar-refractivity contribution in [2.75, 3.05) is 0 Å². The van der Waals surface area contributed by atoms with Crippen LogP contribution in [0, 0.1) is 32.8 Å². The van der Waals surface area contributed by atoms with Crippen molar-refractivity contribution < 1.29 is 30.0 Å². The van der Waals surface area contributed by atoms with E-state index in [0.717, 1.165) is 94.7 Å². The Kier molecular flexibility index (Phi) is 11.5. The molecule has 0 aliphatic carbocycles. The maximum Gasteiger partial charge on any atom is 0.121 e. The number of furan rings is 1. The number of pyridine rings is 1. The summed E-state index contributed by atoms with van der Waals surface area (Å²) < 4.78 is 40.1. The van der Waals surface area contributed by atoms with Crippen molar-refractivity contribution in [3.63, 3.8) is 0 Å². The molecule has 0 bridgehead atoms. The normalized spacial score (nSPS) is 12.8. The van der Waals surface area contributed by atoms with E-state index in [-0.39, 0.29) is 25.7 Å². The molecule has 3 heterocycles. The van der Waals surface area contributed by atoms with Gasteiger partial charge in [-0.15, -0.1) is 52.6 Å². The van der Waals surface area contributed by atoms with Gasteiger partial charge in [-0.2, -0.15) is 0 Å². The molecular weight excluding hydrogens is 1060 g/mol. The number of rotatable bonds is 7. The summed E-state index contributed by atoms with van der Waals surface area (Å²) in [5, 5.41) is 8.23. The van der Waals surface area contributed by atoms with E-state index in [9.17, 15) is 0 Å². The Morgan fingerprint density at radius 2 is 1.37 bits per heavy atom. The quantitative estimate of drug-likeness (QED) is 0.0907. The van der Waals surface area contributed by atoms with Crippen molar-refractivity contribution in [1.82, 2.24) is 14.5 Å². The van der Waals surface area contributed by atoms with E-state index in [0.29, 0.717) is 0 Å². The molecule has 6 heteroatoms. The summed E-state index contributed by atoms with van der Waals surface area (Å²) >= 11 is 0. The third-order valence-electron chi connectivity index (χ3n) is 13.6. The van der Waals surface area contributed by atoms with Crippen LogP contribution >= 0.6 is 0 Å². The topological polar surface area (TPSA) is 43.9 Å². The molecule has 12 aromatic rings. The van der Waals surface area contributed by atoms with Gasteiger partial charge in [-0.1, -0.05) is 204 Å². The van der Waals surface area contributed by atoms with Gasteiger partial charge in [0.15, 0.2) is 0 Å². The molecule has 9 aromatic carbocycles. The summed E-state index contributed by atoms with van der Waals surface area (Å²) in [4.78, 5) is 9.95. The van der Waals surface area contributed by atoms with Gasteiger partial charge in [0.25, 0.3) is 0 Å². The second kappa shape index (κ2) is 19.2. The zero-order chi connectivity index (χ0) is 51.7. The molecule has 12 rings (SSSR count). The smallest absolute Gasteiger partial charge is 0.121 e. The molecule has 0 fully saturated rings. The first-order valence-corrected chi connectivity index (χ1v) is 27.4. The number of nitrogens with zero attached hydrogens (tertiary/aromatic N) is 3. The standard InChI is InChI=1S/C47H31N2O.C18H24NSi.Ir/c1-29-26-40(46-44(30(29)2)39-27-34-25-24-33-18-9-10-19-35(33)38(34)28-43(39)50-46)47-48-41-22-11-12-23-42(41)49(47)45-36(31-14-5-3-6-15-31)20-13-21-37(45)32-16-7-4-8-17-32;1-13(2)16-11-17(15-9-7-14(3)8-10-15)19-12-18(16)20(4,5)6;/h3-25,27-28H,1-2H3;7-9,11-13H,1-6H3;/q2*-1;/i;3D3,13D;. The Labute approximate surface area is 437 Å². The molecule has 0 amide bonds. The number of hydrogen-bond acceptors (Lipinski definition) is 3. The minimum Gasteiger partial charge on any atom is -0.501 e. The monoisotopic (exact) mass is 1120 g/mol. The number of aryl methyl sites for hydroxylation is 3. The summed E-state index contributed by atoms with van der Waals surface area (Å²) in [6, 6.07) is 67.3. The van der Waals surface area contributed by atoms with Crippen molar-refractivity contribution in [3.05, 3.63) is 217 Å². The molecule has 0 N–H and O–H groups in total. The van der Waals surface area contributed by atoms with E-state index in [2.05, 4.69) is 207 Å². The molecule has 3 aromatic heterocycles. The second-order valence-corrected chi connectivity index (χ2v) is 24.5. The maximum atomic E-state index is 8.48. The minimum atomic E-state index is -2.13. The zero-order valence-corrected chi connectivity index (χ0v) is 44.3. The molecule has 0 aliphatic rings. The third kappa shape index (κ3) is 8.75. The third-order valence-corrected chi connectivity index (χ3v) is 15.6. The van der Waals surface area contributed by atoms with Gasteiger partial charge in [0, 0.05) is 48.3 Å². The summed E-state index contributed by atoms with van der Waals surface area (Å²) in [5.74, 6) is 0.0836. The fourth-order valence-electron chi connectivity index (χ4n) is 9.93. The SMILES string of the molecule is Cc1[c-]c(-c2nc3ccccc3n2-c2c(-c3ccccc3)cccc2-c2ccccc2)c2oc3cc4c(ccc5ccccc54)cc3c2c1C.[2H]C([2H])([2H])c1c[c-]c(-c2cc(C([2H])(C)C)c([Si](C)(C)C)cn2)cc1.[Ir]. The molecular formula is C65H55IrN3OSi-2. The van der Waals surface area contributed by atoms with Crippen LogP contribution in [0.2, 0.25) is 19.6 Å². The Morgan fingerprint density at radius 3 is 2.04 bits per heavy atom. The Balaban J connectivity index is 0.000000218. The van der Waals surface area contributed by atoms with Gasteiger partial charge in [-0.25, -0.2) is 0 Å². The largest absolute Gasteiger partial charge is 0.501 e. The molecule has 0 saturated heterocycles. The zero-order valence-electron chi connectivity index (χ0n) is 44.9. The molecule has 71 heavy (non-hydrogen) atoms. The van der Waals surface area contributed by atoms with Crippen LogP contribution in [-0.2, 0) is 20.1 Å². The molecule has 0 atom stereocenters. The fraction of sp³-hybridized carbons (Fsp3) is 0.138. The number of benzene rings is 9. The number of fused-ring (bicyclic) bond motifs is 7. The first-order chi connectivity index (χ1) is 35.4. The molecule has 0 saturated carbocycles. The van der Waals surface area contributed by atoms with Gasteiger partial charge >= 0.3 is 0 Å². The van der Waals surface area contributed by atoms with Gasteiger partial charge < -0.3 is 14.0 Å². The van der Waals surface area contributed by atoms with Crippen LogP contribution in [0.3, 0.4) is 0 Å². The molecule has 4 nitrogen and oxygen atoms in total. The van der Waals surface area contributed by atoms with Crippen molar-refractivity contribution in [3.8, 4) is 50.6 Å². The van der Waals surface area contributed by atoms with Crippen LogP contribution < -0.4 is 5.19 Å². The predicted molar refractivity (Wildman–Crippen MR) is 298 cm³/mol. The Morgan fingerprint density at radius 1 is 0.690 bits per heavy atom. The summed E-state index contributed by atoms with van der Waals surface area (Å²) in [6.45, 7) is 12.7. The van der Waals surface area contributed by atoms with Crippen molar-refractivity contribution in [2.24, 2.45) is 0 Å². The maximum absolute atomic E-state index is 8.48. The van der Waals surface area contributed by atoms with E-state index in [1.165, 1.54) is 38.4 Å². The number of para-hydroxylation sites is 3. The first kappa shape index (κ1) is 42.6. The summed E-state index contributed by atoms with van der Waals surface area (Å²) in [7, 11) is -1.61. The van der Waals surface area contributed by atoms with E-state index >= 15 is 0 Å². The molecule has 0 aliphatic heterocycles. The molecule has 0 unspecified atom stereocenters. The number of hydrogen-bond donors (Lipinski definition) is 0. The van der Waals surface area contributed by atoms with Gasteiger partial charge in [0.1, 0.15) is 5.58 Å². The van der Waals surface area contributed by atoms with Crippen LogP contribution in [-0.4, -0.2) is 22.6 Å². The van der Waals surface area contributed by atoms with Crippen LogP contribution in [0.4, 0.5) is 0 Å². The van der Waals surface area contributed by atoms with Crippen molar-refractivity contribution in [2.45, 2.75) is 60.1 Å². The molecule has 0 spiro atoms. The fourth-order valence-corrected chi connectivity index (χ4v) is 11.5. The van der Waals surface area contributed by atoms with Crippen molar-refractivity contribution in [1.29, 1.82) is 0 Å². The minimum absolute atomic E-state index is 0. The molecule has 351 valence electrons. The number of imidazole rings is 1. The Bertz CT molecular complexity index is 4040. The van der Waals surface area contributed by atoms with E-state index in [1.54, 1.807) is 12.1 Å². The van der Waals surface area contributed by atoms with Gasteiger partial charge in [-0.3, -0.25) is 4.98 Å². The summed E-state index contributed by atoms with van der Waals surface area (Å²) in [6.07, 6.45) is 1.89. The van der Waals surface area contributed by atoms with Crippen LogP contribution in [0.15, 0.2) is 187 Å². The Hall–Kier alpha value is -7.21. The van der Waals surface area contributed by atoms with Crippen LogP contribution in [0.25, 0.3) is 105 Å². The van der Waals surface area contributed by atoms with E-state index in [1.807, 2.05) is 26.1 Å². The van der Waals surface area contributed by atoms with Gasteiger partial charge in [0.2, 0.25) is 0 Å². The first-order valence-electron chi connectivity index (χ1n) is 25.9. The molecule has 1 radical (unpaired) electrons.